The van der Waals surface area contributed by atoms with Gasteiger partial charge in [0.05, 0.1) is 26.7 Å². The van der Waals surface area contributed by atoms with E-state index < -0.39 is 29.7 Å². The molecule has 0 saturated heterocycles. The van der Waals surface area contributed by atoms with Crippen LogP contribution in [0.3, 0.4) is 0 Å². The Balaban J connectivity index is 0.00000420. The van der Waals surface area contributed by atoms with Crippen molar-refractivity contribution in [2.45, 2.75) is 48.3 Å². The number of hydrogen-bond donors (Lipinski definition) is 0. The molecule has 4 rings (SSSR count). The average molecular weight is 651 g/mol. The minimum atomic E-state index is -5.12. The Kier molecular flexibility index (Phi) is 16.8. The zero-order chi connectivity index (χ0) is 27.5. The van der Waals surface area contributed by atoms with E-state index in [0.717, 1.165) is 34.9 Å². The third kappa shape index (κ3) is 9.89. The Morgan fingerprint density at radius 2 is 1.24 bits per heavy atom. The maximum atomic E-state index is 13.2. The maximum absolute atomic E-state index is 13.2. The van der Waals surface area contributed by atoms with E-state index in [1.807, 2.05) is 31.2 Å². The van der Waals surface area contributed by atoms with E-state index in [2.05, 4.69) is 9.37 Å². The molecule has 0 amide bonds. The first kappa shape index (κ1) is 40.8. The van der Waals surface area contributed by atoms with E-state index in [9.17, 15) is 26.6 Å². The van der Waals surface area contributed by atoms with Crippen LogP contribution in [0.4, 0.5) is 0 Å². The summed E-state index contributed by atoms with van der Waals surface area (Å²) in [6.07, 6.45) is 0. The number of aryl methyl sites for hydroxylation is 2. The normalized spacial score (nSPS) is 10.8. The van der Waals surface area contributed by atoms with Crippen molar-refractivity contribution in [3.8, 4) is 22.6 Å². The summed E-state index contributed by atoms with van der Waals surface area (Å²) in [5, 5.41) is 13.5. The predicted molar refractivity (Wildman–Crippen MR) is 149 cm³/mol. The summed E-state index contributed by atoms with van der Waals surface area (Å²) in [7, 11) is -9.38. The van der Waals surface area contributed by atoms with Crippen molar-refractivity contribution in [2.24, 2.45) is 0 Å². The summed E-state index contributed by atoms with van der Waals surface area (Å²) in [5.41, 5.74) is 3.60. The van der Waals surface area contributed by atoms with Crippen LogP contribution in [0, 0.1) is 13.8 Å². The van der Waals surface area contributed by atoms with Gasteiger partial charge in [-0.1, -0.05) is 62.9 Å². The van der Waals surface area contributed by atoms with Gasteiger partial charge in [0.2, 0.25) is 9.84 Å². The molecule has 0 atom stereocenters. The fraction of sp³-hybridized carbons (Fsp3) is 0.143. The fourth-order valence-corrected chi connectivity index (χ4v) is 6.11. The van der Waals surface area contributed by atoms with E-state index in [1.165, 1.54) is 18.2 Å². The molecule has 0 aliphatic carbocycles. The fourth-order valence-electron chi connectivity index (χ4n) is 3.55. The first-order chi connectivity index (χ1) is 18.0. The molecule has 214 valence electrons. The molecular formula is C28H28Na2O9S3. The van der Waals surface area contributed by atoms with Crippen LogP contribution in [-0.2, 0) is 29.3 Å². The zero-order valence-electron chi connectivity index (χ0n) is 22.0. The van der Waals surface area contributed by atoms with Crippen LogP contribution < -0.4 is 69.1 Å². The molecule has 9 nitrogen and oxygen atoms in total. The molecule has 0 unspecified atom stereocenters. The molecule has 14 heteroatoms. The molecule has 42 heavy (non-hydrogen) atoms. The summed E-state index contributed by atoms with van der Waals surface area (Å²) >= 11 is 0.519. The topological polar surface area (TPSA) is 142 Å². The molecule has 0 N–H and O–H groups in total. The molecule has 0 bridgehead atoms. The van der Waals surface area contributed by atoms with Crippen LogP contribution in [0.25, 0.3) is 11.1 Å². The average Bonchev–Trinajstić information content (AvgIpc) is 2.88. The van der Waals surface area contributed by atoms with Gasteiger partial charge in [0.25, 0.3) is 0 Å². The number of rotatable bonds is 9. The third-order valence-corrected chi connectivity index (χ3v) is 8.93. The Hall–Kier alpha value is -1.23. The molecule has 0 heterocycles. The number of hydrogen-bond acceptors (Lipinski definition) is 10. The van der Waals surface area contributed by atoms with Gasteiger partial charge < -0.3 is 14.5 Å². The van der Waals surface area contributed by atoms with Crippen molar-refractivity contribution in [3.05, 3.63) is 96.1 Å². The van der Waals surface area contributed by atoms with Crippen molar-refractivity contribution in [1.82, 2.24) is 0 Å². The van der Waals surface area contributed by atoms with Crippen LogP contribution in [0.5, 0.6) is 11.5 Å². The Bertz CT molecular complexity index is 1680. The number of benzene rings is 4. The first-order valence-electron chi connectivity index (χ1n) is 10.9. The Morgan fingerprint density at radius 1 is 0.714 bits per heavy atom. The molecule has 0 aliphatic rings. The van der Waals surface area contributed by atoms with Crippen molar-refractivity contribution >= 4 is 32.0 Å². The van der Waals surface area contributed by atoms with Gasteiger partial charge in [-0.05, 0) is 73.0 Å². The summed E-state index contributed by atoms with van der Waals surface area (Å²) in [6, 6.07) is 21.7. The Morgan fingerprint density at radius 3 is 1.79 bits per heavy atom. The van der Waals surface area contributed by atoms with Crippen LogP contribution in [0.2, 0.25) is 0 Å². The smallest absolute Gasteiger partial charge is 0.744 e. The van der Waals surface area contributed by atoms with Gasteiger partial charge in [0, 0.05) is 4.90 Å². The largest absolute Gasteiger partial charge is 1.00 e. The van der Waals surface area contributed by atoms with Crippen molar-refractivity contribution in [1.29, 1.82) is 0 Å². The molecule has 0 spiro atoms. The van der Waals surface area contributed by atoms with Gasteiger partial charge in [-0.3, -0.25) is 5.04 Å². The van der Waals surface area contributed by atoms with Gasteiger partial charge in [0.1, 0.15) is 21.6 Å². The molecular weight excluding hydrogens is 622 g/mol. The van der Waals surface area contributed by atoms with E-state index >= 15 is 0 Å². The van der Waals surface area contributed by atoms with Gasteiger partial charge in [0.15, 0.2) is 0 Å². The van der Waals surface area contributed by atoms with Crippen LogP contribution in [-0.4, -0.2) is 21.4 Å². The van der Waals surface area contributed by atoms with E-state index in [-0.39, 0.29) is 95.3 Å². The number of ether oxygens (including phenoxy) is 1. The minimum Gasteiger partial charge on any atom is -0.744 e. The molecule has 0 aromatic heterocycles. The van der Waals surface area contributed by atoms with Gasteiger partial charge in [-0.2, -0.15) is 4.33 Å². The van der Waals surface area contributed by atoms with Crippen molar-refractivity contribution in [3.63, 3.8) is 0 Å². The van der Waals surface area contributed by atoms with Crippen LogP contribution >= 0.6 is 12.0 Å². The van der Waals surface area contributed by atoms with E-state index in [1.54, 1.807) is 31.2 Å². The molecule has 0 fully saturated rings. The summed E-state index contributed by atoms with van der Waals surface area (Å²) < 4.78 is 72.6. The summed E-state index contributed by atoms with van der Waals surface area (Å²) in [4.78, 5) is -1.19. The Labute approximate surface area is 295 Å². The minimum absolute atomic E-state index is 0. The first-order valence-corrected chi connectivity index (χ1v) is 14.6. The zero-order valence-corrected chi connectivity index (χ0v) is 28.4. The van der Waals surface area contributed by atoms with Gasteiger partial charge in [-0.25, -0.2) is 16.8 Å². The van der Waals surface area contributed by atoms with Crippen molar-refractivity contribution < 1.29 is 99.9 Å². The van der Waals surface area contributed by atoms with Gasteiger partial charge >= 0.3 is 59.1 Å². The van der Waals surface area contributed by atoms with Gasteiger partial charge in [-0.15, -0.1) is 0 Å². The predicted octanol–water partition coefficient (Wildman–Crippen LogP) is 0.0104. The van der Waals surface area contributed by atoms with Crippen LogP contribution in [0.15, 0.2) is 105 Å². The molecule has 0 radical (unpaired) electrons. The summed E-state index contributed by atoms with van der Waals surface area (Å²) in [6.45, 7) is 3.64. The molecule has 4 aromatic carbocycles. The SMILES string of the molecule is C.C.Cc1ccc(-c2ccc(Oc3ccc(S(=O)(=O)c4ccc(C)c(SOO[O-])c4)cc3S(=O)(=O)[O-])cc2)cc1.[Na+].[Na+]. The second-order valence-corrected chi connectivity index (χ2v) is 12.2. The van der Waals surface area contributed by atoms with Crippen molar-refractivity contribution in [2.75, 3.05) is 0 Å². The summed E-state index contributed by atoms with van der Waals surface area (Å²) in [5.74, 6) is -0.0645. The second-order valence-electron chi connectivity index (χ2n) is 8.21. The number of sulfone groups is 1. The molecule has 0 aliphatic heterocycles. The monoisotopic (exact) mass is 650 g/mol. The van der Waals surface area contributed by atoms with Crippen LogP contribution in [0.1, 0.15) is 26.0 Å². The quantitative estimate of drug-likeness (QED) is 0.0800. The maximum Gasteiger partial charge on any atom is 1.00 e. The molecule has 0 saturated carbocycles. The second kappa shape index (κ2) is 17.3. The molecule has 4 aromatic rings. The third-order valence-electron chi connectivity index (χ3n) is 5.58. The standard InChI is InChI=1S/C26H22O9S3.2CH4.2Na/c1-17-3-6-19(7-4-17)20-8-10-21(11-9-20)33-24-14-13-23(16-26(24)38(30,31)32)37(28,29)22-12-5-18(2)25(15-22)36-35-34-27;;;;/h3-16,27H,1-2H3,(H,30,31,32);2*1H4;;/q;;;2*+1/p-2. The van der Waals surface area contributed by atoms with E-state index in [4.69, 9.17) is 4.74 Å². The van der Waals surface area contributed by atoms with E-state index in [0.29, 0.717) is 17.6 Å².